The second-order valence-electron chi connectivity index (χ2n) is 6.79. The molecule has 1 aliphatic heterocycles. The molecule has 1 atom stereocenters. The number of aromatic amines is 1. The first kappa shape index (κ1) is 18.1. The van der Waals surface area contributed by atoms with Gasteiger partial charge in [0.15, 0.2) is 5.82 Å². The second-order valence-corrected chi connectivity index (χ2v) is 6.79. The molecule has 28 heavy (non-hydrogen) atoms. The first-order valence-corrected chi connectivity index (χ1v) is 8.98. The van der Waals surface area contributed by atoms with E-state index in [9.17, 15) is 18.4 Å². The van der Waals surface area contributed by atoms with Crippen molar-refractivity contribution in [2.45, 2.75) is 12.8 Å². The number of nitrogens with one attached hydrogen (secondary N) is 2. The van der Waals surface area contributed by atoms with Crippen molar-refractivity contribution in [1.29, 1.82) is 0 Å². The molecule has 3 aromatic rings. The first-order chi connectivity index (χ1) is 13.5. The summed E-state index contributed by atoms with van der Waals surface area (Å²) in [6, 6.07) is 10.7. The van der Waals surface area contributed by atoms with Gasteiger partial charge in [-0.2, -0.15) is 5.10 Å². The van der Waals surface area contributed by atoms with Gasteiger partial charge in [0.1, 0.15) is 11.6 Å². The number of hydrogen-bond donors (Lipinski definition) is 2. The normalized spacial score (nSPS) is 16.7. The van der Waals surface area contributed by atoms with Gasteiger partial charge in [-0.3, -0.25) is 19.6 Å². The summed E-state index contributed by atoms with van der Waals surface area (Å²) in [5.74, 6) is -1.67. The molecule has 0 spiro atoms. The summed E-state index contributed by atoms with van der Waals surface area (Å²) in [5, 5.41) is 9.80. The monoisotopic (exact) mass is 384 g/mol. The molecule has 8 heteroatoms. The Morgan fingerprint density at radius 1 is 1.25 bits per heavy atom. The number of amides is 2. The van der Waals surface area contributed by atoms with Crippen LogP contribution < -0.4 is 10.2 Å². The largest absolute Gasteiger partial charge is 0.355 e. The van der Waals surface area contributed by atoms with Crippen molar-refractivity contribution in [3.05, 3.63) is 59.7 Å². The van der Waals surface area contributed by atoms with Crippen LogP contribution in [0.25, 0.3) is 10.9 Å². The zero-order valence-electron chi connectivity index (χ0n) is 14.9. The minimum absolute atomic E-state index is 0.0363. The van der Waals surface area contributed by atoms with Gasteiger partial charge >= 0.3 is 0 Å². The maximum atomic E-state index is 14.2. The van der Waals surface area contributed by atoms with Crippen LogP contribution in [-0.2, 0) is 16.0 Å². The molecule has 2 amide bonds. The molecule has 1 fully saturated rings. The Morgan fingerprint density at radius 3 is 2.89 bits per heavy atom. The van der Waals surface area contributed by atoms with E-state index in [-0.39, 0.29) is 41.8 Å². The molecule has 1 aliphatic rings. The van der Waals surface area contributed by atoms with Crippen molar-refractivity contribution in [1.82, 2.24) is 15.5 Å². The highest BCUT2D eigenvalue weighted by atomic mass is 19.1. The quantitative estimate of drug-likeness (QED) is 0.710. The summed E-state index contributed by atoms with van der Waals surface area (Å²) in [5.41, 5.74) is 1.27. The Kier molecular flexibility index (Phi) is 4.77. The topological polar surface area (TPSA) is 78.1 Å². The number of carbonyl (C=O) groups is 2. The second kappa shape index (κ2) is 7.38. The fraction of sp³-hybridized carbons (Fsp3) is 0.250. The minimum Gasteiger partial charge on any atom is -0.355 e. The van der Waals surface area contributed by atoms with Crippen molar-refractivity contribution in [3.63, 3.8) is 0 Å². The third-order valence-corrected chi connectivity index (χ3v) is 4.87. The number of halogens is 2. The molecular weight excluding hydrogens is 366 g/mol. The number of hydrogen-bond acceptors (Lipinski definition) is 3. The van der Waals surface area contributed by atoms with E-state index in [1.807, 2.05) is 0 Å². The molecular formula is C20H18F2N4O2. The molecule has 4 rings (SSSR count). The molecule has 0 radical (unpaired) electrons. The van der Waals surface area contributed by atoms with Gasteiger partial charge < -0.3 is 5.32 Å². The third kappa shape index (κ3) is 3.45. The maximum Gasteiger partial charge on any atom is 0.229 e. The molecule has 2 aromatic carbocycles. The van der Waals surface area contributed by atoms with E-state index in [0.29, 0.717) is 18.5 Å². The van der Waals surface area contributed by atoms with E-state index in [2.05, 4.69) is 15.5 Å². The van der Waals surface area contributed by atoms with E-state index in [4.69, 9.17) is 0 Å². The number of aromatic nitrogens is 2. The predicted octanol–water partition coefficient (Wildman–Crippen LogP) is 2.55. The van der Waals surface area contributed by atoms with Crippen LogP contribution in [0.15, 0.2) is 42.5 Å². The number of benzene rings is 2. The van der Waals surface area contributed by atoms with Gasteiger partial charge in [-0.1, -0.05) is 18.2 Å². The lowest BCUT2D eigenvalue weighted by Crippen LogP contribution is -2.34. The predicted molar refractivity (Wildman–Crippen MR) is 99.6 cm³/mol. The molecule has 0 aliphatic carbocycles. The van der Waals surface area contributed by atoms with Crippen LogP contribution in [0.2, 0.25) is 0 Å². The fourth-order valence-electron chi connectivity index (χ4n) is 3.46. The average Bonchev–Trinajstić information content (AvgIpc) is 3.26. The Labute approximate surface area is 159 Å². The SMILES string of the molecule is O=C(NCCc1cccc(F)c1)[C@H]1CC(=O)N(c2n[nH]c3cccc(F)c23)C1. The lowest BCUT2D eigenvalue weighted by atomic mass is 10.1. The summed E-state index contributed by atoms with van der Waals surface area (Å²) in [6.07, 6.45) is 0.525. The van der Waals surface area contributed by atoms with Crippen molar-refractivity contribution in [2.24, 2.45) is 5.92 Å². The van der Waals surface area contributed by atoms with Crippen LogP contribution >= 0.6 is 0 Å². The van der Waals surface area contributed by atoms with Gasteiger partial charge in [0, 0.05) is 19.5 Å². The highest BCUT2D eigenvalue weighted by Crippen LogP contribution is 2.31. The zero-order chi connectivity index (χ0) is 19.7. The van der Waals surface area contributed by atoms with E-state index in [0.717, 1.165) is 5.56 Å². The van der Waals surface area contributed by atoms with Crippen LogP contribution in [-0.4, -0.2) is 35.1 Å². The summed E-state index contributed by atoms with van der Waals surface area (Å²) in [4.78, 5) is 26.2. The zero-order valence-corrected chi connectivity index (χ0v) is 14.9. The number of H-pyrrole nitrogens is 1. The van der Waals surface area contributed by atoms with E-state index >= 15 is 0 Å². The van der Waals surface area contributed by atoms with Crippen LogP contribution in [0.1, 0.15) is 12.0 Å². The summed E-state index contributed by atoms with van der Waals surface area (Å²) in [6.45, 7) is 0.478. The van der Waals surface area contributed by atoms with E-state index < -0.39 is 11.7 Å². The Balaban J connectivity index is 1.40. The van der Waals surface area contributed by atoms with Gasteiger partial charge in [-0.25, -0.2) is 8.78 Å². The highest BCUT2D eigenvalue weighted by molar-refractivity contribution is 6.05. The summed E-state index contributed by atoms with van der Waals surface area (Å²) < 4.78 is 27.4. The van der Waals surface area contributed by atoms with Crippen molar-refractivity contribution in [2.75, 3.05) is 18.0 Å². The number of carbonyl (C=O) groups excluding carboxylic acids is 2. The van der Waals surface area contributed by atoms with Gasteiger partial charge in [-0.15, -0.1) is 0 Å². The molecule has 0 saturated carbocycles. The van der Waals surface area contributed by atoms with Crippen molar-refractivity contribution < 1.29 is 18.4 Å². The van der Waals surface area contributed by atoms with Crippen molar-refractivity contribution >= 4 is 28.5 Å². The maximum absolute atomic E-state index is 14.2. The number of nitrogens with zero attached hydrogens (tertiary/aromatic N) is 2. The average molecular weight is 384 g/mol. The molecule has 6 nitrogen and oxygen atoms in total. The number of rotatable bonds is 5. The van der Waals surface area contributed by atoms with Crippen LogP contribution in [0.4, 0.5) is 14.6 Å². The lowest BCUT2D eigenvalue weighted by molar-refractivity contribution is -0.126. The van der Waals surface area contributed by atoms with Gasteiger partial charge in [0.25, 0.3) is 0 Å². The molecule has 2 heterocycles. The Morgan fingerprint density at radius 2 is 2.07 bits per heavy atom. The minimum atomic E-state index is -0.543. The van der Waals surface area contributed by atoms with Crippen LogP contribution in [0.5, 0.6) is 0 Å². The number of anilines is 1. The molecule has 0 unspecified atom stereocenters. The molecule has 144 valence electrons. The third-order valence-electron chi connectivity index (χ3n) is 4.87. The van der Waals surface area contributed by atoms with Gasteiger partial charge in [-0.05, 0) is 36.2 Å². The standard InChI is InChI=1S/C20H18F2N4O2/c21-14-4-1-3-12(9-14)7-8-23-20(28)13-10-17(27)26(11-13)19-18-15(22)5-2-6-16(18)24-25-19/h1-6,9,13H,7-8,10-11H2,(H,23,28)(H,24,25)/t13-/m0/s1. The summed E-state index contributed by atoms with van der Waals surface area (Å²) >= 11 is 0. The van der Waals surface area contributed by atoms with Gasteiger partial charge in [0.05, 0.1) is 16.8 Å². The fourth-order valence-corrected chi connectivity index (χ4v) is 3.46. The van der Waals surface area contributed by atoms with Crippen molar-refractivity contribution in [3.8, 4) is 0 Å². The molecule has 2 N–H and O–H groups in total. The number of fused-ring (bicyclic) bond motifs is 1. The lowest BCUT2D eigenvalue weighted by Gasteiger charge is -2.14. The van der Waals surface area contributed by atoms with Crippen LogP contribution in [0, 0.1) is 17.6 Å². The molecule has 1 aromatic heterocycles. The van der Waals surface area contributed by atoms with E-state index in [1.165, 1.54) is 23.1 Å². The Hall–Kier alpha value is -3.29. The van der Waals surface area contributed by atoms with Gasteiger partial charge in [0.2, 0.25) is 11.8 Å². The van der Waals surface area contributed by atoms with E-state index in [1.54, 1.807) is 24.3 Å². The van der Waals surface area contributed by atoms with Crippen LogP contribution in [0.3, 0.4) is 0 Å². The molecule has 1 saturated heterocycles. The highest BCUT2D eigenvalue weighted by Gasteiger charge is 2.37. The summed E-state index contributed by atoms with van der Waals surface area (Å²) in [7, 11) is 0. The Bertz CT molecular complexity index is 1050. The first-order valence-electron chi connectivity index (χ1n) is 8.98. The smallest absolute Gasteiger partial charge is 0.229 e. The molecule has 0 bridgehead atoms.